The fourth-order valence-corrected chi connectivity index (χ4v) is 13.3. The van der Waals surface area contributed by atoms with Gasteiger partial charge < -0.3 is 9.13 Å². The lowest BCUT2D eigenvalue weighted by Crippen LogP contribution is -2.61. The second kappa shape index (κ2) is 16.1. The van der Waals surface area contributed by atoms with E-state index in [0.29, 0.717) is 23.7 Å². The molecule has 9 aromatic carbocycles. The van der Waals surface area contributed by atoms with Crippen molar-refractivity contribution < 1.29 is 0 Å². The predicted molar refractivity (Wildman–Crippen MR) is 305 cm³/mol. The van der Waals surface area contributed by atoms with Crippen LogP contribution in [0.1, 0.15) is 101 Å². The van der Waals surface area contributed by atoms with Gasteiger partial charge in [0.2, 0.25) is 13.4 Å². The molecular weight excluding hydrogens is 842 g/mol. The summed E-state index contributed by atoms with van der Waals surface area (Å²) in [6, 6.07) is 70.0. The molecule has 0 saturated carbocycles. The second-order valence-corrected chi connectivity index (χ2v) is 21.4. The maximum absolute atomic E-state index is 2.68. The fourth-order valence-electron chi connectivity index (χ4n) is 13.3. The summed E-state index contributed by atoms with van der Waals surface area (Å²) in [4.78, 5) is 0. The van der Waals surface area contributed by atoms with E-state index in [2.05, 4.69) is 247 Å². The van der Waals surface area contributed by atoms with Crippen molar-refractivity contribution in [3.8, 4) is 33.6 Å². The van der Waals surface area contributed by atoms with Crippen LogP contribution in [-0.4, -0.2) is 22.6 Å². The molecule has 338 valence electrons. The number of hydrogen-bond donors (Lipinski definition) is 0. The number of nitrogens with zero attached hydrogens (tertiary/aromatic N) is 2. The minimum absolute atomic E-state index is 0.000944. The third kappa shape index (κ3) is 6.08. The van der Waals surface area contributed by atoms with E-state index in [1.54, 1.807) is 0 Å². The standard InChI is InChI=1S/C66H58B2N2/c1-39(2)45-25-15-26-46(40(3)4)63(45)67-53-33-17-31-51-61-49(43-21-11-9-12-22-43)29-19-35-57(61)69(65(51)53)59-38-56-60(37-55(59)67)70-58-36-20-30-50(44-23-13-10-14-24-44)62(58)52-32-18-34-54(66(52)70)68(56)64-47(41(5)6)27-16-28-48(64)42(7)8/h9-42H,1-8H3. The first kappa shape index (κ1) is 42.8. The molecule has 0 spiro atoms. The summed E-state index contributed by atoms with van der Waals surface area (Å²) in [7, 11) is 0. The SMILES string of the molecule is CC(C)c1cccc(C(C)C)c1B1c2cc3c(cc2-n2c4cccc(-c5ccccc5)c4c4cccc1c42)B(c1c(C(C)C)cccc1C(C)C)c1cccc2c4c(-c5ccccc5)cccc4n-3c12. The summed E-state index contributed by atoms with van der Waals surface area (Å²) in [5.74, 6) is 1.37. The lowest BCUT2D eigenvalue weighted by Gasteiger charge is -2.35. The normalized spacial score (nSPS) is 13.0. The molecular formula is C66H58B2N2. The monoisotopic (exact) mass is 900 g/mol. The zero-order valence-electron chi connectivity index (χ0n) is 41.7. The van der Waals surface area contributed by atoms with Gasteiger partial charge in [-0.25, -0.2) is 0 Å². The molecule has 0 saturated heterocycles. The van der Waals surface area contributed by atoms with Crippen LogP contribution in [0.3, 0.4) is 0 Å². The predicted octanol–water partition coefficient (Wildman–Crippen LogP) is 13.4. The van der Waals surface area contributed by atoms with E-state index >= 15 is 0 Å². The Morgan fingerprint density at radius 3 is 1.03 bits per heavy atom. The first-order valence-corrected chi connectivity index (χ1v) is 25.8. The molecule has 0 aliphatic carbocycles. The van der Waals surface area contributed by atoms with Crippen LogP contribution >= 0.6 is 0 Å². The lowest BCUT2D eigenvalue weighted by atomic mass is 9.31. The average Bonchev–Trinajstić information content (AvgIpc) is 3.91. The Morgan fingerprint density at radius 2 is 0.671 bits per heavy atom. The van der Waals surface area contributed by atoms with E-state index in [4.69, 9.17) is 0 Å². The largest absolute Gasteiger partial charge is 0.310 e. The summed E-state index contributed by atoms with van der Waals surface area (Å²) in [5, 5.41) is 5.26. The maximum atomic E-state index is 2.68. The third-order valence-corrected chi connectivity index (χ3v) is 16.2. The Hall–Kier alpha value is -7.29. The maximum Gasteiger partial charge on any atom is 0.247 e. The first-order chi connectivity index (χ1) is 34.1. The molecule has 0 radical (unpaired) electrons. The van der Waals surface area contributed by atoms with Gasteiger partial charge in [-0.15, -0.1) is 0 Å². The van der Waals surface area contributed by atoms with Crippen molar-refractivity contribution in [2.45, 2.75) is 79.1 Å². The molecule has 70 heavy (non-hydrogen) atoms. The Morgan fingerprint density at radius 1 is 0.329 bits per heavy atom. The molecule has 0 amide bonds. The van der Waals surface area contributed by atoms with Crippen molar-refractivity contribution in [3.05, 3.63) is 204 Å². The van der Waals surface area contributed by atoms with Crippen molar-refractivity contribution in [2.75, 3.05) is 0 Å². The van der Waals surface area contributed by atoms with Crippen molar-refractivity contribution in [3.63, 3.8) is 0 Å². The Kier molecular flexibility index (Phi) is 9.86. The minimum Gasteiger partial charge on any atom is -0.310 e. The van der Waals surface area contributed by atoms with Gasteiger partial charge in [-0.1, -0.05) is 224 Å². The van der Waals surface area contributed by atoms with E-state index < -0.39 is 0 Å². The zero-order valence-corrected chi connectivity index (χ0v) is 41.7. The van der Waals surface area contributed by atoms with Crippen LogP contribution in [0.4, 0.5) is 0 Å². The molecule has 0 atom stereocenters. The molecule has 4 heterocycles. The Bertz CT molecular complexity index is 3600. The van der Waals surface area contributed by atoms with Crippen molar-refractivity contribution >= 4 is 89.8 Å². The van der Waals surface area contributed by atoms with Gasteiger partial charge in [0, 0.05) is 44.0 Å². The third-order valence-electron chi connectivity index (χ3n) is 16.2. The molecule has 0 N–H and O–H groups in total. The molecule has 0 bridgehead atoms. The number of rotatable bonds is 8. The number of aromatic nitrogens is 2. The molecule has 2 aliphatic rings. The number of fused-ring (bicyclic) bond motifs is 10. The van der Waals surface area contributed by atoms with Crippen LogP contribution in [0.15, 0.2) is 182 Å². The molecule has 11 aromatic rings. The van der Waals surface area contributed by atoms with Crippen LogP contribution in [0.5, 0.6) is 0 Å². The van der Waals surface area contributed by atoms with Crippen molar-refractivity contribution in [2.24, 2.45) is 0 Å². The first-order valence-electron chi connectivity index (χ1n) is 25.8. The van der Waals surface area contributed by atoms with E-state index in [9.17, 15) is 0 Å². The molecule has 0 fully saturated rings. The smallest absolute Gasteiger partial charge is 0.247 e. The molecule has 4 heteroatoms. The van der Waals surface area contributed by atoms with Crippen molar-refractivity contribution in [1.29, 1.82) is 0 Å². The van der Waals surface area contributed by atoms with E-state index in [0.717, 1.165) is 0 Å². The average molecular weight is 901 g/mol. The summed E-state index contributed by atoms with van der Waals surface area (Å²) in [6.45, 7) is 19.1. The van der Waals surface area contributed by atoms with Gasteiger partial charge in [0.25, 0.3) is 0 Å². The number of para-hydroxylation sites is 2. The fraction of sp³-hybridized carbons (Fsp3) is 0.182. The molecule has 2 aromatic heterocycles. The number of hydrogen-bond acceptors (Lipinski definition) is 0. The van der Waals surface area contributed by atoms with Crippen LogP contribution in [-0.2, 0) is 0 Å². The summed E-state index contributed by atoms with van der Waals surface area (Å²) >= 11 is 0. The summed E-state index contributed by atoms with van der Waals surface area (Å²) in [5.41, 5.74) is 26.9. The summed E-state index contributed by atoms with van der Waals surface area (Å²) in [6.07, 6.45) is 0. The Labute approximate surface area is 413 Å². The quantitative estimate of drug-likeness (QED) is 0.135. The van der Waals surface area contributed by atoms with Crippen molar-refractivity contribution in [1.82, 2.24) is 9.13 Å². The van der Waals surface area contributed by atoms with Gasteiger partial charge in [0.05, 0.1) is 11.0 Å². The van der Waals surface area contributed by atoms with E-state index in [1.165, 1.54) is 132 Å². The zero-order chi connectivity index (χ0) is 47.7. The van der Waals surface area contributed by atoms with E-state index in [-0.39, 0.29) is 13.4 Å². The van der Waals surface area contributed by atoms with Crippen LogP contribution in [0, 0.1) is 0 Å². The van der Waals surface area contributed by atoms with Crippen LogP contribution in [0.25, 0.3) is 77.2 Å². The highest BCUT2D eigenvalue weighted by Crippen LogP contribution is 2.43. The number of benzene rings is 9. The molecule has 2 nitrogen and oxygen atoms in total. The van der Waals surface area contributed by atoms with Crippen LogP contribution < -0.4 is 32.8 Å². The van der Waals surface area contributed by atoms with Gasteiger partial charge >= 0.3 is 0 Å². The minimum atomic E-state index is -0.000944. The highest BCUT2D eigenvalue weighted by Gasteiger charge is 2.42. The van der Waals surface area contributed by atoms with Gasteiger partial charge in [-0.05, 0) is 114 Å². The van der Waals surface area contributed by atoms with E-state index in [1.807, 2.05) is 0 Å². The van der Waals surface area contributed by atoms with Gasteiger partial charge in [-0.3, -0.25) is 0 Å². The topological polar surface area (TPSA) is 9.86 Å². The second-order valence-electron chi connectivity index (χ2n) is 21.4. The summed E-state index contributed by atoms with van der Waals surface area (Å²) < 4.78 is 5.36. The Balaban J connectivity index is 1.25. The van der Waals surface area contributed by atoms with Gasteiger partial charge in [-0.2, -0.15) is 0 Å². The molecule has 0 unspecified atom stereocenters. The highest BCUT2D eigenvalue weighted by molar-refractivity contribution is 7.00. The molecule has 13 rings (SSSR count). The van der Waals surface area contributed by atoms with Gasteiger partial charge in [0.15, 0.2) is 0 Å². The van der Waals surface area contributed by atoms with Gasteiger partial charge in [0.1, 0.15) is 0 Å². The lowest BCUT2D eigenvalue weighted by molar-refractivity contribution is 0.845. The van der Waals surface area contributed by atoms with Crippen LogP contribution in [0.2, 0.25) is 0 Å². The highest BCUT2D eigenvalue weighted by atomic mass is 15.0. The molecule has 2 aliphatic heterocycles.